The van der Waals surface area contributed by atoms with Crippen LogP contribution in [0, 0.1) is 6.92 Å². The Kier molecular flexibility index (Phi) is 5.53. The average Bonchev–Trinajstić information content (AvgIpc) is 2.63. The van der Waals surface area contributed by atoms with Gasteiger partial charge >= 0.3 is 5.76 Å². The monoisotopic (exact) mass is 298 g/mol. The Morgan fingerprint density at radius 1 is 1.35 bits per heavy atom. The molecule has 0 bridgehead atoms. The van der Waals surface area contributed by atoms with Crippen LogP contribution in [0.1, 0.15) is 33.0 Å². The number of hydrogen-bond acceptors (Lipinski definition) is 4. The van der Waals surface area contributed by atoms with Crippen molar-refractivity contribution in [3.63, 3.8) is 0 Å². The Morgan fingerprint density at radius 3 is 2.50 bits per heavy atom. The topological polar surface area (TPSA) is 57.3 Å². The molecule has 0 aromatic carbocycles. The Morgan fingerprint density at radius 2 is 2.00 bits per heavy atom. The molecule has 1 rings (SSSR count). The standard InChI is InChI=1S/C14H26N2O3Si/c1-12-15-19-13(17)16(12)10-8-7-9-11-18-20(5,6)14(2,3)4/h7-8H,9-11H2,1-6H3. The first-order chi connectivity index (χ1) is 9.15. The highest BCUT2D eigenvalue weighted by Gasteiger charge is 2.36. The lowest BCUT2D eigenvalue weighted by Gasteiger charge is -2.36. The van der Waals surface area contributed by atoms with Gasteiger partial charge in [-0.1, -0.05) is 38.1 Å². The van der Waals surface area contributed by atoms with E-state index < -0.39 is 14.1 Å². The average molecular weight is 298 g/mol. The second kappa shape index (κ2) is 6.54. The van der Waals surface area contributed by atoms with Crippen molar-refractivity contribution in [2.24, 2.45) is 0 Å². The van der Waals surface area contributed by atoms with Crippen LogP contribution in [0.5, 0.6) is 0 Å². The van der Waals surface area contributed by atoms with E-state index in [1.54, 1.807) is 6.92 Å². The smallest absolute Gasteiger partial charge is 0.417 e. The highest BCUT2D eigenvalue weighted by Crippen LogP contribution is 2.36. The van der Waals surface area contributed by atoms with E-state index in [0.29, 0.717) is 12.4 Å². The summed E-state index contributed by atoms with van der Waals surface area (Å²) in [6, 6.07) is 0. The molecule has 1 aromatic rings. The minimum Gasteiger partial charge on any atom is -0.417 e. The Labute approximate surface area is 121 Å². The second-order valence-corrected chi connectivity index (χ2v) is 11.3. The predicted octanol–water partition coefficient (Wildman–Crippen LogP) is 3.11. The van der Waals surface area contributed by atoms with Crippen molar-refractivity contribution in [1.82, 2.24) is 9.72 Å². The van der Waals surface area contributed by atoms with Crippen LogP contribution >= 0.6 is 0 Å². The maximum atomic E-state index is 11.3. The zero-order chi connectivity index (χ0) is 15.4. The highest BCUT2D eigenvalue weighted by atomic mass is 28.4. The van der Waals surface area contributed by atoms with Crippen molar-refractivity contribution in [3.8, 4) is 0 Å². The molecule has 5 nitrogen and oxygen atoms in total. The summed E-state index contributed by atoms with van der Waals surface area (Å²) in [5.41, 5.74) is 0. The number of rotatable bonds is 6. The molecular formula is C14H26N2O3Si. The van der Waals surface area contributed by atoms with Crippen molar-refractivity contribution in [2.75, 3.05) is 6.61 Å². The predicted molar refractivity (Wildman–Crippen MR) is 82.4 cm³/mol. The van der Waals surface area contributed by atoms with E-state index >= 15 is 0 Å². The van der Waals surface area contributed by atoms with E-state index in [2.05, 4.69) is 43.5 Å². The van der Waals surface area contributed by atoms with Gasteiger partial charge in [0, 0.05) is 13.2 Å². The normalized spacial score (nSPS) is 13.3. The van der Waals surface area contributed by atoms with Gasteiger partial charge in [-0.3, -0.25) is 9.09 Å². The lowest BCUT2D eigenvalue weighted by molar-refractivity contribution is 0.294. The summed E-state index contributed by atoms with van der Waals surface area (Å²) >= 11 is 0. The van der Waals surface area contributed by atoms with Crippen LogP contribution in [-0.2, 0) is 11.0 Å². The van der Waals surface area contributed by atoms with Gasteiger partial charge in [0.1, 0.15) is 0 Å². The maximum absolute atomic E-state index is 11.3. The van der Waals surface area contributed by atoms with Crippen molar-refractivity contribution >= 4 is 8.32 Å². The van der Waals surface area contributed by atoms with E-state index in [1.807, 2.05) is 12.2 Å². The van der Waals surface area contributed by atoms with Crippen molar-refractivity contribution in [2.45, 2.75) is 58.8 Å². The molecule has 6 heteroatoms. The second-order valence-electron chi connectivity index (χ2n) is 6.48. The van der Waals surface area contributed by atoms with Crippen LogP contribution in [0.2, 0.25) is 18.1 Å². The molecule has 0 saturated carbocycles. The summed E-state index contributed by atoms with van der Waals surface area (Å²) in [7, 11) is -1.65. The first-order valence-electron chi connectivity index (χ1n) is 6.97. The van der Waals surface area contributed by atoms with Gasteiger partial charge in [-0.25, -0.2) is 4.79 Å². The number of allylic oxidation sites excluding steroid dienone is 1. The lowest BCUT2D eigenvalue weighted by atomic mass is 10.2. The Balaban J connectivity index is 2.35. The molecule has 0 spiro atoms. The molecule has 0 unspecified atom stereocenters. The molecule has 114 valence electrons. The van der Waals surface area contributed by atoms with Crippen LogP contribution in [0.15, 0.2) is 21.5 Å². The fraction of sp³-hybridized carbons (Fsp3) is 0.714. The van der Waals surface area contributed by atoms with Crippen LogP contribution < -0.4 is 5.76 Å². The zero-order valence-electron chi connectivity index (χ0n) is 13.4. The third kappa shape index (κ3) is 4.45. The van der Waals surface area contributed by atoms with Gasteiger partial charge in [0.2, 0.25) is 0 Å². The van der Waals surface area contributed by atoms with Crippen LogP contribution in [0.3, 0.4) is 0 Å². The van der Waals surface area contributed by atoms with Crippen LogP contribution in [0.25, 0.3) is 0 Å². The number of nitrogens with zero attached hydrogens (tertiary/aromatic N) is 2. The molecule has 0 aliphatic carbocycles. The number of aromatic nitrogens is 2. The lowest BCUT2D eigenvalue weighted by Crippen LogP contribution is -2.40. The Bertz CT molecular complexity index is 509. The molecule has 1 heterocycles. The largest absolute Gasteiger partial charge is 0.441 e. The molecule has 0 aliphatic rings. The van der Waals surface area contributed by atoms with Gasteiger partial charge in [0.15, 0.2) is 14.1 Å². The quantitative estimate of drug-likeness (QED) is 0.460. The van der Waals surface area contributed by atoms with E-state index in [9.17, 15) is 4.79 Å². The van der Waals surface area contributed by atoms with Gasteiger partial charge in [0.05, 0.1) is 0 Å². The summed E-state index contributed by atoms with van der Waals surface area (Å²) in [4.78, 5) is 11.3. The third-order valence-electron chi connectivity index (χ3n) is 3.88. The van der Waals surface area contributed by atoms with Crippen molar-refractivity contribution in [1.29, 1.82) is 0 Å². The molecule has 0 radical (unpaired) electrons. The first-order valence-corrected chi connectivity index (χ1v) is 9.88. The van der Waals surface area contributed by atoms with E-state index in [1.165, 1.54) is 4.57 Å². The third-order valence-corrected chi connectivity index (χ3v) is 8.41. The summed E-state index contributed by atoms with van der Waals surface area (Å²) in [5.74, 6) is 0.182. The molecule has 20 heavy (non-hydrogen) atoms. The minimum atomic E-state index is -1.65. The first kappa shape index (κ1) is 16.9. The van der Waals surface area contributed by atoms with Crippen molar-refractivity contribution in [3.05, 3.63) is 28.5 Å². The van der Waals surface area contributed by atoms with Gasteiger partial charge in [-0.05, 0) is 31.5 Å². The van der Waals surface area contributed by atoms with Gasteiger partial charge in [0.25, 0.3) is 0 Å². The van der Waals surface area contributed by atoms with Crippen LogP contribution in [-0.4, -0.2) is 24.6 Å². The van der Waals surface area contributed by atoms with E-state index in [-0.39, 0.29) is 5.04 Å². The highest BCUT2D eigenvalue weighted by molar-refractivity contribution is 6.74. The summed E-state index contributed by atoms with van der Waals surface area (Å²) in [6.45, 7) is 14.2. The molecule has 0 atom stereocenters. The van der Waals surface area contributed by atoms with E-state index in [4.69, 9.17) is 4.43 Å². The number of aryl methyl sites for hydroxylation is 1. The molecule has 0 N–H and O–H groups in total. The summed E-state index contributed by atoms with van der Waals surface area (Å²) in [5, 5.41) is 3.85. The molecule has 1 aromatic heterocycles. The molecule has 0 aliphatic heterocycles. The summed E-state index contributed by atoms with van der Waals surface area (Å²) in [6.07, 6.45) is 4.83. The maximum Gasteiger partial charge on any atom is 0.441 e. The minimum absolute atomic E-state index is 0.240. The summed E-state index contributed by atoms with van der Waals surface area (Å²) < 4.78 is 12.1. The fourth-order valence-corrected chi connectivity index (χ4v) is 2.50. The van der Waals surface area contributed by atoms with E-state index in [0.717, 1.165) is 13.0 Å². The zero-order valence-corrected chi connectivity index (χ0v) is 14.4. The fourth-order valence-electron chi connectivity index (χ4n) is 1.44. The van der Waals surface area contributed by atoms with Gasteiger partial charge in [-0.2, -0.15) is 0 Å². The van der Waals surface area contributed by atoms with Gasteiger partial charge in [-0.15, -0.1) is 0 Å². The van der Waals surface area contributed by atoms with Gasteiger partial charge < -0.3 is 4.43 Å². The SMILES string of the molecule is Cc1noc(=O)n1CC=CCCO[Si](C)(C)C(C)(C)C. The number of hydrogen-bond donors (Lipinski definition) is 0. The van der Waals surface area contributed by atoms with Crippen molar-refractivity contribution < 1.29 is 8.95 Å². The molecule has 0 saturated heterocycles. The van der Waals surface area contributed by atoms with Crippen LogP contribution in [0.4, 0.5) is 0 Å². The molecule has 0 fully saturated rings. The Hall–Kier alpha value is -1.14. The molecular weight excluding hydrogens is 272 g/mol. The molecule has 0 amide bonds.